The van der Waals surface area contributed by atoms with Crippen LogP contribution in [0.2, 0.25) is 0 Å². The molecular weight excluding hydrogens is 254 g/mol. The monoisotopic (exact) mass is 281 g/mol. The predicted octanol–water partition coefficient (Wildman–Crippen LogP) is 1.61. The molecule has 0 radical (unpaired) electrons. The molecule has 0 bridgehead atoms. The van der Waals surface area contributed by atoms with Gasteiger partial charge >= 0.3 is 0 Å². The van der Waals surface area contributed by atoms with Crippen molar-refractivity contribution in [2.75, 3.05) is 32.8 Å². The summed E-state index contributed by atoms with van der Waals surface area (Å²) in [7, 11) is 0. The fourth-order valence-corrected chi connectivity index (χ4v) is 4.36. The van der Waals surface area contributed by atoms with Gasteiger partial charge in [-0.2, -0.15) is 0 Å². The van der Waals surface area contributed by atoms with Gasteiger partial charge in [0.25, 0.3) is 0 Å². The molecule has 3 atom stereocenters. The summed E-state index contributed by atoms with van der Waals surface area (Å²) in [5.41, 5.74) is -0.728. The maximum absolute atomic E-state index is 11.5. The SMILES string of the molecule is O=CC1(CN2CCC3(O)CCCCC3C2)CCCOC1. The second-order valence-electron chi connectivity index (χ2n) is 7.17. The van der Waals surface area contributed by atoms with Gasteiger partial charge in [0.2, 0.25) is 0 Å². The lowest BCUT2D eigenvalue weighted by Gasteiger charge is -2.49. The minimum Gasteiger partial charge on any atom is -0.390 e. The zero-order valence-electron chi connectivity index (χ0n) is 12.4. The first-order valence-electron chi connectivity index (χ1n) is 8.15. The van der Waals surface area contributed by atoms with Crippen molar-refractivity contribution >= 4 is 6.29 Å². The number of likely N-dealkylation sites (tertiary alicyclic amines) is 1. The summed E-state index contributed by atoms with van der Waals surface area (Å²) >= 11 is 0. The number of nitrogens with zero attached hydrogens (tertiary/aromatic N) is 1. The molecule has 0 amide bonds. The molecule has 2 saturated heterocycles. The molecule has 3 aliphatic rings. The Bertz CT molecular complexity index is 354. The van der Waals surface area contributed by atoms with Crippen molar-refractivity contribution in [3.05, 3.63) is 0 Å². The second kappa shape index (κ2) is 5.74. The highest BCUT2D eigenvalue weighted by molar-refractivity contribution is 5.60. The van der Waals surface area contributed by atoms with E-state index in [4.69, 9.17) is 4.74 Å². The summed E-state index contributed by atoms with van der Waals surface area (Å²) in [5.74, 6) is 0.401. The van der Waals surface area contributed by atoms with Crippen molar-refractivity contribution in [2.45, 2.75) is 50.5 Å². The Hall–Kier alpha value is -0.450. The Labute approximate surface area is 121 Å². The lowest BCUT2D eigenvalue weighted by Crippen LogP contribution is -2.56. The third kappa shape index (κ3) is 2.78. The van der Waals surface area contributed by atoms with Crippen LogP contribution in [0.15, 0.2) is 0 Å². The fourth-order valence-electron chi connectivity index (χ4n) is 4.36. The van der Waals surface area contributed by atoms with Crippen LogP contribution in [0.3, 0.4) is 0 Å². The van der Waals surface area contributed by atoms with Crippen LogP contribution in [0.5, 0.6) is 0 Å². The molecule has 0 aromatic rings. The lowest BCUT2D eigenvalue weighted by atomic mass is 9.70. The molecule has 0 spiro atoms. The number of rotatable bonds is 3. The minimum atomic E-state index is -0.424. The predicted molar refractivity (Wildman–Crippen MR) is 76.5 cm³/mol. The molecular formula is C16H27NO3. The number of ether oxygens (including phenoxy) is 1. The molecule has 3 unspecified atom stereocenters. The molecule has 3 fully saturated rings. The first-order valence-corrected chi connectivity index (χ1v) is 8.15. The van der Waals surface area contributed by atoms with Gasteiger partial charge in [0.05, 0.1) is 17.6 Å². The summed E-state index contributed by atoms with van der Waals surface area (Å²) in [6.45, 7) is 4.04. The van der Waals surface area contributed by atoms with Crippen LogP contribution in [0.4, 0.5) is 0 Å². The molecule has 2 heterocycles. The maximum Gasteiger partial charge on any atom is 0.129 e. The van der Waals surface area contributed by atoms with Crippen LogP contribution >= 0.6 is 0 Å². The van der Waals surface area contributed by atoms with Gasteiger partial charge in [-0.3, -0.25) is 0 Å². The van der Waals surface area contributed by atoms with E-state index in [1.807, 2.05) is 0 Å². The van der Waals surface area contributed by atoms with E-state index in [1.54, 1.807) is 0 Å². The summed E-state index contributed by atoms with van der Waals surface area (Å²) in [4.78, 5) is 13.9. The van der Waals surface area contributed by atoms with E-state index < -0.39 is 5.60 Å². The number of hydrogen-bond acceptors (Lipinski definition) is 4. The molecule has 4 nitrogen and oxygen atoms in total. The first kappa shape index (κ1) is 14.5. The highest BCUT2D eigenvalue weighted by atomic mass is 16.5. The van der Waals surface area contributed by atoms with Crippen LogP contribution < -0.4 is 0 Å². The summed E-state index contributed by atoms with van der Waals surface area (Å²) in [6.07, 6.45) is 8.43. The van der Waals surface area contributed by atoms with Gasteiger partial charge in [0.15, 0.2) is 0 Å². The molecule has 3 rings (SSSR count). The summed E-state index contributed by atoms with van der Waals surface area (Å²) < 4.78 is 5.54. The number of aldehydes is 1. The molecule has 0 aromatic carbocycles. The van der Waals surface area contributed by atoms with Crippen LogP contribution in [-0.4, -0.2) is 54.7 Å². The number of fused-ring (bicyclic) bond motifs is 1. The Morgan fingerprint density at radius 1 is 1.25 bits per heavy atom. The Kier molecular flexibility index (Phi) is 4.16. The molecule has 114 valence electrons. The highest BCUT2D eigenvalue weighted by Gasteiger charge is 2.44. The van der Waals surface area contributed by atoms with E-state index in [1.165, 1.54) is 12.8 Å². The Morgan fingerprint density at radius 2 is 2.15 bits per heavy atom. The molecule has 4 heteroatoms. The van der Waals surface area contributed by atoms with E-state index in [0.717, 1.165) is 64.6 Å². The van der Waals surface area contributed by atoms with Gasteiger partial charge in [-0.1, -0.05) is 12.8 Å². The minimum absolute atomic E-state index is 0.303. The lowest BCUT2D eigenvalue weighted by molar-refractivity contribution is -0.131. The van der Waals surface area contributed by atoms with Crippen molar-refractivity contribution in [1.82, 2.24) is 4.90 Å². The summed E-state index contributed by atoms with van der Waals surface area (Å²) in [6, 6.07) is 0. The van der Waals surface area contributed by atoms with Crippen LogP contribution in [-0.2, 0) is 9.53 Å². The van der Waals surface area contributed by atoms with Gasteiger partial charge in [-0.25, -0.2) is 0 Å². The van der Waals surface area contributed by atoms with E-state index in [9.17, 15) is 9.90 Å². The zero-order valence-corrected chi connectivity index (χ0v) is 12.4. The van der Waals surface area contributed by atoms with E-state index in [0.29, 0.717) is 12.5 Å². The molecule has 0 aromatic heterocycles. The standard InChI is InChI=1S/C16H27NO3/c18-12-15(5-3-9-20-13-15)11-17-8-7-16(19)6-2-1-4-14(16)10-17/h12,14,19H,1-11,13H2. The number of hydrogen-bond donors (Lipinski definition) is 1. The molecule has 1 saturated carbocycles. The van der Waals surface area contributed by atoms with Crippen LogP contribution in [0.1, 0.15) is 44.9 Å². The van der Waals surface area contributed by atoms with Crippen molar-refractivity contribution < 1.29 is 14.6 Å². The van der Waals surface area contributed by atoms with Gasteiger partial charge in [-0.05, 0) is 32.1 Å². The Morgan fingerprint density at radius 3 is 2.90 bits per heavy atom. The third-order valence-corrected chi connectivity index (χ3v) is 5.65. The van der Waals surface area contributed by atoms with Crippen molar-refractivity contribution in [3.8, 4) is 0 Å². The average Bonchev–Trinajstić information content (AvgIpc) is 2.48. The quantitative estimate of drug-likeness (QED) is 0.799. The molecule has 20 heavy (non-hydrogen) atoms. The summed E-state index contributed by atoms with van der Waals surface area (Å²) in [5, 5.41) is 10.7. The number of carbonyl (C=O) groups excluding carboxylic acids is 1. The third-order valence-electron chi connectivity index (χ3n) is 5.65. The van der Waals surface area contributed by atoms with Crippen molar-refractivity contribution in [3.63, 3.8) is 0 Å². The number of carbonyl (C=O) groups is 1. The Balaban J connectivity index is 1.62. The van der Waals surface area contributed by atoms with Gasteiger partial charge in [0, 0.05) is 32.2 Å². The van der Waals surface area contributed by atoms with Gasteiger partial charge < -0.3 is 19.5 Å². The topological polar surface area (TPSA) is 49.8 Å². The molecule has 1 N–H and O–H groups in total. The van der Waals surface area contributed by atoms with E-state index in [2.05, 4.69) is 4.90 Å². The van der Waals surface area contributed by atoms with E-state index >= 15 is 0 Å². The normalized spacial score (nSPS) is 43.0. The largest absolute Gasteiger partial charge is 0.390 e. The highest BCUT2D eigenvalue weighted by Crippen LogP contribution is 2.40. The van der Waals surface area contributed by atoms with Crippen LogP contribution in [0, 0.1) is 11.3 Å². The number of aliphatic hydroxyl groups is 1. The van der Waals surface area contributed by atoms with Crippen LogP contribution in [0.25, 0.3) is 0 Å². The molecule has 2 aliphatic heterocycles. The second-order valence-corrected chi connectivity index (χ2v) is 7.17. The van der Waals surface area contributed by atoms with Crippen molar-refractivity contribution in [1.29, 1.82) is 0 Å². The molecule has 1 aliphatic carbocycles. The first-order chi connectivity index (χ1) is 9.66. The van der Waals surface area contributed by atoms with Gasteiger partial charge in [0.1, 0.15) is 6.29 Å². The number of piperidine rings is 1. The van der Waals surface area contributed by atoms with Crippen molar-refractivity contribution in [2.24, 2.45) is 11.3 Å². The fraction of sp³-hybridized carbons (Fsp3) is 0.938. The van der Waals surface area contributed by atoms with Gasteiger partial charge in [-0.15, -0.1) is 0 Å². The van der Waals surface area contributed by atoms with E-state index in [-0.39, 0.29) is 5.41 Å². The zero-order chi connectivity index (χ0) is 14.1. The smallest absolute Gasteiger partial charge is 0.129 e. The average molecular weight is 281 g/mol. The maximum atomic E-state index is 11.5.